The summed E-state index contributed by atoms with van der Waals surface area (Å²) >= 11 is 0. The van der Waals surface area contributed by atoms with Crippen molar-refractivity contribution in [2.45, 2.75) is 40.2 Å². The van der Waals surface area contributed by atoms with Crippen LogP contribution in [0.1, 0.15) is 36.8 Å². The van der Waals surface area contributed by atoms with E-state index in [-0.39, 0.29) is 18.0 Å². The summed E-state index contributed by atoms with van der Waals surface area (Å²) in [6.07, 6.45) is 0. The summed E-state index contributed by atoms with van der Waals surface area (Å²) in [5.74, 6) is 0.744. The second-order valence-electron chi connectivity index (χ2n) is 5.69. The highest BCUT2D eigenvalue weighted by atomic mass is 16.2. The van der Waals surface area contributed by atoms with Crippen LogP contribution in [0, 0.1) is 13.8 Å². The van der Waals surface area contributed by atoms with Gasteiger partial charge in [0, 0.05) is 17.4 Å². The van der Waals surface area contributed by atoms with Crippen molar-refractivity contribution in [3.63, 3.8) is 0 Å². The number of amides is 1. The quantitative estimate of drug-likeness (QED) is 0.944. The van der Waals surface area contributed by atoms with E-state index in [4.69, 9.17) is 0 Å². The molecule has 0 bridgehead atoms. The molecule has 0 aliphatic rings. The van der Waals surface area contributed by atoms with Gasteiger partial charge >= 0.3 is 0 Å². The zero-order chi connectivity index (χ0) is 16.3. The molecule has 1 N–H and O–H groups in total. The number of hydrogen-bond donors (Lipinski definition) is 1. The Hall–Kier alpha value is -2.43. The molecule has 0 fully saturated rings. The van der Waals surface area contributed by atoms with E-state index in [1.165, 1.54) is 16.2 Å². The molecule has 1 aromatic carbocycles. The van der Waals surface area contributed by atoms with Crippen LogP contribution in [-0.2, 0) is 11.3 Å². The molecule has 2 aromatic rings. The van der Waals surface area contributed by atoms with Crippen LogP contribution in [0.4, 0.5) is 5.69 Å². The Bertz CT molecular complexity index is 731. The molecular weight excluding hydrogens is 278 g/mol. The van der Waals surface area contributed by atoms with Gasteiger partial charge in [0.2, 0.25) is 5.91 Å². The van der Waals surface area contributed by atoms with Crippen molar-refractivity contribution in [2.24, 2.45) is 0 Å². The first-order valence-corrected chi connectivity index (χ1v) is 7.31. The smallest absolute Gasteiger partial charge is 0.254 e. The van der Waals surface area contributed by atoms with Crippen molar-refractivity contribution < 1.29 is 4.79 Å². The van der Waals surface area contributed by atoms with Crippen LogP contribution in [0.15, 0.2) is 35.1 Å². The van der Waals surface area contributed by atoms with Crippen LogP contribution < -0.4 is 10.9 Å². The van der Waals surface area contributed by atoms with Gasteiger partial charge in [-0.1, -0.05) is 26.0 Å². The Labute approximate surface area is 130 Å². The zero-order valence-electron chi connectivity index (χ0n) is 13.4. The Morgan fingerprint density at radius 3 is 2.41 bits per heavy atom. The number of benzene rings is 1. The zero-order valence-corrected chi connectivity index (χ0v) is 13.4. The number of hydrogen-bond acceptors (Lipinski definition) is 3. The Kier molecular flexibility index (Phi) is 4.75. The van der Waals surface area contributed by atoms with Gasteiger partial charge in [0.05, 0.1) is 0 Å². The molecule has 5 nitrogen and oxygen atoms in total. The maximum atomic E-state index is 12.1. The van der Waals surface area contributed by atoms with Crippen LogP contribution in [0.2, 0.25) is 0 Å². The molecule has 1 amide bonds. The number of nitrogens with one attached hydrogen (secondary N) is 1. The molecule has 2 rings (SSSR count). The Morgan fingerprint density at radius 1 is 1.23 bits per heavy atom. The van der Waals surface area contributed by atoms with Gasteiger partial charge in [0.25, 0.3) is 5.56 Å². The molecule has 0 unspecified atom stereocenters. The van der Waals surface area contributed by atoms with Gasteiger partial charge in [-0.25, -0.2) is 4.98 Å². The van der Waals surface area contributed by atoms with Crippen LogP contribution in [0.25, 0.3) is 0 Å². The van der Waals surface area contributed by atoms with E-state index in [2.05, 4.69) is 24.1 Å². The summed E-state index contributed by atoms with van der Waals surface area (Å²) in [6, 6.07) is 9.15. The molecule has 22 heavy (non-hydrogen) atoms. The van der Waals surface area contributed by atoms with Crippen molar-refractivity contribution in [1.29, 1.82) is 0 Å². The van der Waals surface area contributed by atoms with E-state index in [0.717, 1.165) is 5.69 Å². The van der Waals surface area contributed by atoms with Crippen LogP contribution in [0.3, 0.4) is 0 Å². The number of aryl methyl sites for hydroxylation is 2. The minimum Gasteiger partial charge on any atom is -0.325 e. The highest BCUT2D eigenvalue weighted by Gasteiger charge is 2.09. The lowest BCUT2D eigenvalue weighted by atomic mass is 10.0. The average Bonchev–Trinajstić information content (AvgIpc) is 2.43. The summed E-state index contributed by atoms with van der Waals surface area (Å²) < 4.78 is 1.37. The molecular formula is C17H21N3O2. The van der Waals surface area contributed by atoms with Crippen molar-refractivity contribution in [1.82, 2.24) is 9.55 Å². The lowest BCUT2D eigenvalue weighted by Gasteiger charge is -2.11. The second-order valence-corrected chi connectivity index (χ2v) is 5.69. The monoisotopic (exact) mass is 299 g/mol. The molecule has 5 heteroatoms. The third kappa shape index (κ3) is 3.81. The molecule has 0 saturated carbocycles. The molecule has 0 atom stereocenters. The van der Waals surface area contributed by atoms with Gasteiger partial charge < -0.3 is 5.32 Å². The number of nitrogens with zero attached hydrogens (tertiary/aromatic N) is 2. The predicted molar refractivity (Wildman–Crippen MR) is 87.1 cm³/mol. The fraction of sp³-hybridized carbons (Fsp3) is 0.353. The van der Waals surface area contributed by atoms with Gasteiger partial charge in [0.15, 0.2) is 0 Å². The first kappa shape index (κ1) is 15.9. The van der Waals surface area contributed by atoms with Gasteiger partial charge in [-0.05, 0) is 37.5 Å². The standard InChI is InChI=1S/C17H21N3O2/c1-11(2)14-5-7-15(8-6-14)19-16(21)10-20-13(4)18-12(3)9-17(20)22/h5-9,11H,10H2,1-4H3,(H,19,21). The third-order valence-corrected chi connectivity index (χ3v) is 3.49. The van der Waals surface area contributed by atoms with E-state index >= 15 is 0 Å². The van der Waals surface area contributed by atoms with E-state index in [9.17, 15) is 9.59 Å². The summed E-state index contributed by atoms with van der Waals surface area (Å²) in [5.41, 5.74) is 2.38. The number of anilines is 1. The summed E-state index contributed by atoms with van der Waals surface area (Å²) in [6.45, 7) is 7.68. The van der Waals surface area contributed by atoms with Crippen LogP contribution in [-0.4, -0.2) is 15.5 Å². The van der Waals surface area contributed by atoms with E-state index < -0.39 is 0 Å². The largest absolute Gasteiger partial charge is 0.325 e. The first-order chi connectivity index (χ1) is 10.4. The molecule has 0 aliphatic heterocycles. The summed E-state index contributed by atoms with van der Waals surface area (Å²) in [5, 5.41) is 2.80. The summed E-state index contributed by atoms with van der Waals surface area (Å²) in [7, 11) is 0. The highest BCUT2D eigenvalue weighted by molar-refractivity contribution is 5.90. The van der Waals surface area contributed by atoms with Crippen LogP contribution in [0.5, 0.6) is 0 Å². The van der Waals surface area contributed by atoms with Gasteiger partial charge in [-0.3, -0.25) is 14.2 Å². The van der Waals surface area contributed by atoms with Crippen molar-refractivity contribution in [2.75, 3.05) is 5.32 Å². The Balaban J connectivity index is 2.09. The third-order valence-electron chi connectivity index (χ3n) is 3.49. The molecule has 1 heterocycles. The lowest BCUT2D eigenvalue weighted by Crippen LogP contribution is -2.30. The number of carbonyl (C=O) groups excluding carboxylic acids is 1. The highest BCUT2D eigenvalue weighted by Crippen LogP contribution is 2.17. The number of aromatic nitrogens is 2. The topological polar surface area (TPSA) is 64.0 Å². The molecule has 0 aliphatic carbocycles. The number of rotatable bonds is 4. The van der Waals surface area contributed by atoms with Crippen molar-refractivity contribution in [3.05, 3.63) is 57.8 Å². The Morgan fingerprint density at radius 2 is 1.86 bits per heavy atom. The SMILES string of the molecule is Cc1cc(=O)n(CC(=O)Nc2ccc(C(C)C)cc2)c(C)n1. The minimum atomic E-state index is -0.242. The fourth-order valence-electron chi connectivity index (χ4n) is 2.25. The predicted octanol–water partition coefficient (Wildman–Crippen LogP) is 2.62. The molecule has 0 spiro atoms. The van der Waals surface area contributed by atoms with Gasteiger partial charge in [0.1, 0.15) is 12.4 Å². The maximum absolute atomic E-state index is 12.1. The van der Waals surface area contributed by atoms with Crippen LogP contribution >= 0.6 is 0 Å². The minimum absolute atomic E-state index is 0.0378. The molecule has 0 radical (unpaired) electrons. The normalized spacial score (nSPS) is 10.8. The van der Waals surface area contributed by atoms with Crippen molar-refractivity contribution >= 4 is 11.6 Å². The van der Waals surface area contributed by atoms with Gasteiger partial charge in [-0.15, -0.1) is 0 Å². The first-order valence-electron chi connectivity index (χ1n) is 7.31. The fourth-order valence-corrected chi connectivity index (χ4v) is 2.25. The summed E-state index contributed by atoms with van der Waals surface area (Å²) in [4.78, 5) is 28.2. The molecule has 1 aromatic heterocycles. The number of carbonyl (C=O) groups is 1. The van der Waals surface area contributed by atoms with E-state index in [0.29, 0.717) is 17.4 Å². The lowest BCUT2D eigenvalue weighted by molar-refractivity contribution is -0.116. The van der Waals surface area contributed by atoms with E-state index in [1.54, 1.807) is 13.8 Å². The molecule has 116 valence electrons. The second kappa shape index (κ2) is 6.56. The molecule has 0 saturated heterocycles. The van der Waals surface area contributed by atoms with Crippen molar-refractivity contribution in [3.8, 4) is 0 Å². The maximum Gasteiger partial charge on any atom is 0.254 e. The van der Waals surface area contributed by atoms with Gasteiger partial charge in [-0.2, -0.15) is 0 Å². The van der Waals surface area contributed by atoms with E-state index in [1.807, 2.05) is 24.3 Å². The average molecular weight is 299 g/mol.